The summed E-state index contributed by atoms with van der Waals surface area (Å²) in [6.45, 7) is 7.10. The number of rotatable bonds is 6. The van der Waals surface area contributed by atoms with Crippen molar-refractivity contribution in [3.63, 3.8) is 0 Å². The highest BCUT2D eigenvalue weighted by Crippen LogP contribution is 2.31. The zero-order valence-electron chi connectivity index (χ0n) is 12.4. The number of pyridine rings is 1. The van der Waals surface area contributed by atoms with Gasteiger partial charge < -0.3 is 10.4 Å². The molecule has 20 heavy (non-hydrogen) atoms. The van der Waals surface area contributed by atoms with E-state index in [-0.39, 0.29) is 24.3 Å². The average molecular weight is 278 g/mol. The number of nitrogens with one attached hydrogen (secondary N) is 1. The number of amides is 1. The van der Waals surface area contributed by atoms with Crippen LogP contribution in [0.3, 0.4) is 0 Å². The van der Waals surface area contributed by atoms with Gasteiger partial charge in [-0.2, -0.15) is 0 Å². The molecule has 0 aliphatic heterocycles. The molecule has 0 fully saturated rings. The van der Waals surface area contributed by atoms with E-state index in [1.165, 1.54) is 0 Å². The van der Waals surface area contributed by atoms with Gasteiger partial charge in [0.2, 0.25) is 5.91 Å². The number of hydrogen-bond donors (Lipinski definition) is 2. The van der Waals surface area contributed by atoms with Crippen molar-refractivity contribution in [3.05, 3.63) is 30.1 Å². The number of carbonyl (C=O) groups excluding carboxylic acids is 1. The number of hydrogen-bond acceptors (Lipinski definition) is 3. The molecule has 0 aliphatic rings. The van der Waals surface area contributed by atoms with Crippen LogP contribution in [-0.2, 0) is 9.59 Å². The van der Waals surface area contributed by atoms with E-state index in [4.69, 9.17) is 0 Å². The standard InChI is InChI=1S/C15H22N2O3/c1-10(2)15(4,14(19)20)9-13(18)17-11(3)12-5-7-16-8-6-12/h5-8,10-11H,9H2,1-4H3,(H,17,18)(H,19,20)/t11-,15?/m0/s1. The fourth-order valence-electron chi connectivity index (χ4n) is 1.89. The summed E-state index contributed by atoms with van der Waals surface area (Å²) in [7, 11) is 0. The highest BCUT2D eigenvalue weighted by molar-refractivity contribution is 5.85. The Morgan fingerprint density at radius 2 is 1.85 bits per heavy atom. The molecule has 2 atom stereocenters. The van der Waals surface area contributed by atoms with Crippen LogP contribution in [0.15, 0.2) is 24.5 Å². The van der Waals surface area contributed by atoms with Crippen LogP contribution >= 0.6 is 0 Å². The van der Waals surface area contributed by atoms with Crippen molar-refractivity contribution in [1.29, 1.82) is 0 Å². The summed E-state index contributed by atoms with van der Waals surface area (Å²) in [6, 6.07) is 3.48. The van der Waals surface area contributed by atoms with Crippen LogP contribution in [0.25, 0.3) is 0 Å². The van der Waals surface area contributed by atoms with E-state index in [0.717, 1.165) is 5.56 Å². The zero-order chi connectivity index (χ0) is 15.3. The Balaban J connectivity index is 2.70. The molecule has 5 nitrogen and oxygen atoms in total. The van der Waals surface area contributed by atoms with Crippen molar-refractivity contribution in [2.45, 2.75) is 40.2 Å². The maximum absolute atomic E-state index is 12.1. The van der Waals surface area contributed by atoms with Crippen LogP contribution in [0, 0.1) is 11.3 Å². The third kappa shape index (κ3) is 3.79. The van der Waals surface area contributed by atoms with Crippen molar-refractivity contribution in [3.8, 4) is 0 Å². The molecule has 110 valence electrons. The summed E-state index contributed by atoms with van der Waals surface area (Å²) in [4.78, 5) is 27.3. The largest absolute Gasteiger partial charge is 0.481 e. The Labute approximate surface area is 119 Å². The lowest BCUT2D eigenvalue weighted by molar-refractivity contribution is -0.153. The molecule has 1 aromatic heterocycles. The smallest absolute Gasteiger partial charge is 0.310 e. The number of carbonyl (C=O) groups is 2. The van der Waals surface area contributed by atoms with E-state index in [2.05, 4.69) is 10.3 Å². The predicted octanol–water partition coefficient (Wildman–Crippen LogP) is 2.40. The van der Waals surface area contributed by atoms with E-state index in [1.54, 1.807) is 19.3 Å². The molecule has 1 amide bonds. The van der Waals surface area contributed by atoms with Crippen LogP contribution in [-0.4, -0.2) is 22.0 Å². The van der Waals surface area contributed by atoms with Gasteiger partial charge in [-0.1, -0.05) is 13.8 Å². The maximum atomic E-state index is 12.1. The molecular weight excluding hydrogens is 256 g/mol. The van der Waals surface area contributed by atoms with Crippen molar-refractivity contribution in [2.75, 3.05) is 0 Å². The zero-order valence-corrected chi connectivity index (χ0v) is 12.4. The Bertz CT molecular complexity index is 473. The molecule has 5 heteroatoms. The molecule has 0 spiro atoms. The Morgan fingerprint density at radius 3 is 2.30 bits per heavy atom. The van der Waals surface area contributed by atoms with E-state index in [1.807, 2.05) is 32.9 Å². The Morgan fingerprint density at radius 1 is 1.30 bits per heavy atom. The van der Waals surface area contributed by atoms with Gasteiger partial charge in [0.05, 0.1) is 11.5 Å². The molecule has 1 aromatic rings. The number of nitrogens with zero attached hydrogens (tertiary/aromatic N) is 1. The molecule has 0 aliphatic carbocycles. The van der Waals surface area contributed by atoms with Crippen molar-refractivity contribution in [1.82, 2.24) is 10.3 Å². The molecule has 0 saturated heterocycles. The summed E-state index contributed by atoms with van der Waals surface area (Å²) in [5.74, 6) is -1.32. The lowest BCUT2D eigenvalue weighted by Crippen LogP contribution is -2.39. The quantitative estimate of drug-likeness (QED) is 0.837. The summed E-state index contributed by atoms with van der Waals surface area (Å²) in [6.07, 6.45) is 3.29. The number of aromatic nitrogens is 1. The minimum absolute atomic E-state index is 0.0323. The molecule has 1 rings (SSSR count). The third-order valence-corrected chi connectivity index (χ3v) is 3.87. The van der Waals surface area contributed by atoms with Gasteiger partial charge in [0, 0.05) is 18.8 Å². The minimum Gasteiger partial charge on any atom is -0.481 e. The summed E-state index contributed by atoms with van der Waals surface area (Å²) < 4.78 is 0. The summed E-state index contributed by atoms with van der Waals surface area (Å²) in [5.41, 5.74) is -0.114. The molecule has 0 aromatic carbocycles. The van der Waals surface area contributed by atoms with Crippen molar-refractivity contribution in [2.24, 2.45) is 11.3 Å². The molecule has 0 radical (unpaired) electrons. The van der Waals surface area contributed by atoms with Crippen LogP contribution in [0.5, 0.6) is 0 Å². The van der Waals surface area contributed by atoms with Crippen LogP contribution in [0.1, 0.15) is 45.7 Å². The van der Waals surface area contributed by atoms with Crippen molar-refractivity contribution >= 4 is 11.9 Å². The fourth-order valence-corrected chi connectivity index (χ4v) is 1.89. The van der Waals surface area contributed by atoms with E-state index in [0.29, 0.717) is 0 Å². The first-order valence-corrected chi connectivity index (χ1v) is 6.70. The molecule has 2 N–H and O–H groups in total. The molecule has 1 heterocycles. The van der Waals surface area contributed by atoms with Crippen LogP contribution < -0.4 is 5.32 Å². The van der Waals surface area contributed by atoms with Gasteiger partial charge in [0.25, 0.3) is 0 Å². The number of carboxylic acids is 1. The van der Waals surface area contributed by atoms with Gasteiger partial charge >= 0.3 is 5.97 Å². The second-order valence-electron chi connectivity index (χ2n) is 5.62. The number of carboxylic acid groups (broad SMARTS) is 1. The lowest BCUT2D eigenvalue weighted by Gasteiger charge is -2.29. The van der Waals surface area contributed by atoms with Gasteiger partial charge in [0.15, 0.2) is 0 Å². The van der Waals surface area contributed by atoms with E-state index in [9.17, 15) is 14.7 Å². The van der Waals surface area contributed by atoms with Gasteiger partial charge in [-0.3, -0.25) is 14.6 Å². The molecule has 0 saturated carbocycles. The van der Waals surface area contributed by atoms with Crippen LogP contribution in [0.4, 0.5) is 0 Å². The van der Waals surface area contributed by atoms with Gasteiger partial charge in [-0.15, -0.1) is 0 Å². The monoisotopic (exact) mass is 278 g/mol. The summed E-state index contributed by atoms with van der Waals surface area (Å²) >= 11 is 0. The lowest BCUT2D eigenvalue weighted by atomic mass is 9.76. The first-order valence-electron chi connectivity index (χ1n) is 6.70. The fraction of sp³-hybridized carbons (Fsp3) is 0.533. The average Bonchev–Trinajstić information content (AvgIpc) is 2.38. The third-order valence-electron chi connectivity index (χ3n) is 3.87. The normalized spacial score (nSPS) is 15.4. The van der Waals surface area contributed by atoms with E-state index < -0.39 is 11.4 Å². The molecular formula is C15H22N2O3. The minimum atomic E-state index is -1.05. The highest BCUT2D eigenvalue weighted by Gasteiger charge is 2.38. The summed E-state index contributed by atoms with van der Waals surface area (Å²) in [5, 5.41) is 12.1. The first kappa shape index (κ1) is 16.1. The second kappa shape index (κ2) is 6.50. The van der Waals surface area contributed by atoms with E-state index >= 15 is 0 Å². The maximum Gasteiger partial charge on any atom is 0.310 e. The molecule has 1 unspecified atom stereocenters. The van der Waals surface area contributed by atoms with Crippen LogP contribution in [0.2, 0.25) is 0 Å². The van der Waals surface area contributed by atoms with Gasteiger partial charge in [-0.05, 0) is 37.5 Å². The van der Waals surface area contributed by atoms with Crippen molar-refractivity contribution < 1.29 is 14.7 Å². The topological polar surface area (TPSA) is 79.3 Å². The predicted molar refractivity (Wildman–Crippen MR) is 76.0 cm³/mol. The van der Waals surface area contributed by atoms with Gasteiger partial charge in [-0.25, -0.2) is 0 Å². The highest BCUT2D eigenvalue weighted by atomic mass is 16.4. The van der Waals surface area contributed by atoms with Gasteiger partial charge in [0.1, 0.15) is 0 Å². The first-order chi connectivity index (χ1) is 9.27. The number of aliphatic carboxylic acids is 1. The Kier molecular flexibility index (Phi) is 5.25. The Hall–Kier alpha value is -1.91. The molecule has 0 bridgehead atoms. The second-order valence-corrected chi connectivity index (χ2v) is 5.62. The SMILES string of the molecule is CC(C)C(C)(CC(=O)N[C@@H](C)c1ccncc1)C(=O)O.